The van der Waals surface area contributed by atoms with Gasteiger partial charge in [0.05, 0.1) is 17.8 Å². The van der Waals surface area contributed by atoms with Crippen molar-refractivity contribution >= 4 is 23.2 Å². The third kappa shape index (κ3) is 2.59. The Morgan fingerprint density at radius 1 is 1.04 bits per heavy atom. The summed E-state index contributed by atoms with van der Waals surface area (Å²) in [6, 6.07) is 13.3. The van der Waals surface area contributed by atoms with Crippen molar-refractivity contribution in [3.05, 3.63) is 59.7 Å². The predicted octanol–water partition coefficient (Wildman–Crippen LogP) is 2.83. The van der Waals surface area contributed by atoms with Gasteiger partial charge in [-0.05, 0) is 43.2 Å². The molecule has 0 radical (unpaired) electrons. The van der Waals surface area contributed by atoms with Gasteiger partial charge < -0.3 is 0 Å². The van der Waals surface area contributed by atoms with Crippen LogP contribution in [0.2, 0.25) is 0 Å². The van der Waals surface area contributed by atoms with E-state index in [-0.39, 0.29) is 12.3 Å². The van der Waals surface area contributed by atoms with Crippen LogP contribution in [0.1, 0.15) is 17.5 Å². The SMILES string of the molecule is Cc1cccc(N2C(=O)C[C@H](N(O)c3ccccc3)C2=O)c1C. The van der Waals surface area contributed by atoms with E-state index in [0.717, 1.165) is 16.2 Å². The number of aryl methyl sites for hydroxylation is 1. The second-order valence-corrected chi connectivity index (χ2v) is 5.69. The summed E-state index contributed by atoms with van der Waals surface area (Å²) in [5, 5.41) is 11.2. The van der Waals surface area contributed by atoms with E-state index >= 15 is 0 Å². The molecule has 0 aromatic heterocycles. The van der Waals surface area contributed by atoms with Gasteiger partial charge in [-0.2, -0.15) is 0 Å². The van der Waals surface area contributed by atoms with E-state index in [9.17, 15) is 14.8 Å². The monoisotopic (exact) mass is 310 g/mol. The molecule has 0 bridgehead atoms. The molecular weight excluding hydrogens is 292 g/mol. The average Bonchev–Trinajstić information content (AvgIpc) is 2.85. The number of carbonyl (C=O) groups is 2. The number of carbonyl (C=O) groups excluding carboxylic acids is 2. The van der Waals surface area contributed by atoms with Crippen LogP contribution in [-0.2, 0) is 9.59 Å². The predicted molar refractivity (Wildman–Crippen MR) is 87.5 cm³/mol. The number of amides is 2. The first-order chi connectivity index (χ1) is 11.0. The molecule has 1 atom stereocenters. The topological polar surface area (TPSA) is 60.9 Å². The molecule has 0 aliphatic carbocycles. The van der Waals surface area contributed by atoms with Gasteiger partial charge >= 0.3 is 0 Å². The van der Waals surface area contributed by atoms with Gasteiger partial charge in [-0.1, -0.05) is 30.3 Å². The number of rotatable bonds is 3. The van der Waals surface area contributed by atoms with Crippen molar-refractivity contribution in [2.75, 3.05) is 9.96 Å². The van der Waals surface area contributed by atoms with Crippen LogP contribution in [0.3, 0.4) is 0 Å². The number of nitrogens with zero attached hydrogens (tertiary/aromatic N) is 2. The third-order valence-electron chi connectivity index (χ3n) is 4.26. The Balaban J connectivity index is 1.93. The maximum absolute atomic E-state index is 12.7. The van der Waals surface area contributed by atoms with Crippen LogP contribution in [0, 0.1) is 13.8 Å². The minimum absolute atomic E-state index is 0.0440. The number of para-hydroxylation sites is 1. The van der Waals surface area contributed by atoms with Crippen LogP contribution in [0.15, 0.2) is 48.5 Å². The quantitative estimate of drug-likeness (QED) is 0.699. The van der Waals surface area contributed by atoms with Crippen LogP contribution >= 0.6 is 0 Å². The molecule has 1 aliphatic rings. The summed E-state index contributed by atoms with van der Waals surface area (Å²) >= 11 is 0. The highest BCUT2D eigenvalue weighted by Crippen LogP contribution is 2.30. The summed E-state index contributed by atoms with van der Waals surface area (Å²) in [6.07, 6.45) is -0.0440. The molecule has 1 fully saturated rings. The molecule has 1 heterocycles. The van der Waals surface area contributed by atoms with Crippen molar-refractivity contribution in [2.45, 2.75) is 26.3 Å². The van der Waals surface area contributed by atoms with Crippen molar-refractivity contribution in [1.29, 1.82) is 0 Å². The van der Waals surface area contributed by atoms with E-state index in [0.29, 0.717) is 11.4 Å². The van der Waals surface area contributed by atoms with Gasteiger partial charge in [0.25, 0.3) is 5.91 Å². The normalized spacial score (nSPS) is 17.7. The van der Waals surface area contributed by atoms with Gasteiger partial charge in [0, 0.05) is 0 Å². The highest BCUT2D eigenvalue weighted by atomic mass is 16.5. The summed E-state index contributed by atoms with van der Waals surface area (Å²) < 4.78 is 0. The van der Waals surface area contributed by atoms with E-state index in [1.54, 1.807) is 30.3 Å². The Morgan fingerprint density at radius 2 is 1.74 bits per heavy atom. The lowest BCUT2D eigenvalue weighted by Gasteiger charge is -2.23. The molecule has 0 spiro atoms. The van der Waals surface area contributed by atoms with E-state index in [1.165, 1.54) is 4.90 Å². The highest BCUT2D eigenvalue weighted by Gasteiger charge is 2.43. The number of anilines is 2. The summed E-state index contributed by atoms with van der Waals surface area (Å²) in [6.45, 7) is 3.82. The zero-order valence-electron chi connectivity index (χ0n) is 13.1. The lowest BCUT2D eigenvalue weighted by atomic mass is 10.1. The number of imide groups is 1. The second kappa shape index (κ2) is 5.85. The molecule has 5 nitrogen and oxygen atoms in total. The van der Waals surface area contributed by atoms with E-state index < -0.39 is 11.9 Å². The van der Waals surface area contributed by atoms with Crippen LogP contribution in [0.25, 0.3) is 0 Å². The Bertz CT molecular complexity index is 758. The maximum Gasteiger partial charge on any atom is 0.259 e. The summed E-state index contributed by atoms with van der Waals surface area (Å²) in [5.41, 5.74) is 2.97. The summed E-state index contributed by atoms with van der Waals surface area (Å²) in [7, 11) is 0. The minimum Gasteiger partial charge on any atom is -0.288 e. The van der Waals surface area contributed by atoms with E-state index in [2.05, 4.69) is 0 Å². The second-order valence-electron chi connectivity index (χ2n) is 5.69. The highest BCUT2D eigenvalue weighted by molar-refractivity contribution is 6.23. The summed E-state index contributed by atoms with van der Waals surface area (Å²) in [5.74, 6) is -0.710. The zero-order valence-corrected chi connectivity index (χ0v) is 13.1. The van der Waals surface area contributed by atoms with Crippen molar-refractivity contribution in [2.24, 2.45) is 0 Å². The van der Waals surface area contributed by atoms with Crippen molar-refractivity contribution in [3.63, 3.8) is 0 Å². The molecule has 0 unspecified atom stereocenters. The smallest absolute Gasteiger partial charge is 0.259 e. The maximum atomic E-state index is 12.7. The van der Waals surface area contributed by atoms with Crippen molar-refractivity contribution in [1.82, 2.24) is 0 Å². The Kier molecular flexibility index (Phi) is 3.88. The molecule has 2 amide bonds. The standard InChI is InChI=1S/C18H18N2O3/c1-12-7-6-10-15(13(12)2)19-17(21)11-16(18(19)22)20(23)14-8-4-3-5-9-14/h3-10,16,23H,11H2,1-2H3/t16-/m0/s1. The van der Waals surface area contributed by atoms with Gasteiger partial charge in [0.1, 0.15) is 6.04 Å². The van der Waals surface area contributed by atoms with Crippen LogP contribution in [-0.4, -0.2) is 23.1 Å². The van der Waals surface area contributed by atoms with Crippen LogP contribution < -0.4 is 9.96 Å². The van der Waals surface area contributed by atoms with Gasteiger partial charge in [-0.25, -0.2) is 9.96 Å². The lowest BCUT2D eigenvalue weighted by molar-refractivity contribution is -0.121. The molecular formula is C18H18N2O3. The van der Waals surface area contributed by atoms with Crippen LogP contribution in [0.5, 0.6) is 0 Å². The number of hydroxylamine groups is 1. The molecule has 0 saturated carbocycles. The fourth-order valence-electron chi connectivity index (χ4n) is 2.80. The number of benzene rings is 2. The number of hydrogen-bond acceptors (Lipinski definition) is 4. The third-order valence-corrected chi connectivity index (χ3v) is 4.26. The molecule has 2 aromatic rings. The Morgan fingerprint density at radius 3 is 2.43 bits per heavy atom. The first-order valence-electron chi connectivity index (χ1n) is 7.47. The van der Waals surface area contributed by atoms with Gasteiger partial charge in [-0.15, -0.1) is 0 Å². The van der Waals surface area contributed by atoms with Crippen LogP contribution in [0.4, 0.5) is 11.4 Å². The first kappa shape index (κ1) is 15.2. The van der Waals surface area contributed by atoms with Crippen molar-refractivity contribution < 1.29 is 14.8 Å². The summed E-state index contributed by atoms with van der Waals surface area (Å²) in [4.78, 5) is 26.2. The Labute approximate surface area is 134 Å². The fourth-order valence-corrected chi connectivity index (χ4v) is 2.80. The molecule has 1 N–H and O–H groups in total. The lowest BCUT2D eigenvalue weighted by Crippen LogP contribution is -2.40. The van der Waals surface area contributed by atoms with Crippen molar-refractivity contribution in [3.8, 4) is 0 Å². The molecule has 1 saturated heterocycles. The van der Waals surface area contributed by atoms with E-state index in [1.807, 2.05) is 32.0 Å². The molecule has 3 rings (SSSR count). The molecule has 23 heavy (non-hydrogen) atoms. The van der Waals surface area contributed by atoms with Gasteiger partial charge in [0.2, 0.25) is 5.91 Å². The van der Waals surface area contributed by atoms with Gasteiger partial charge in [0.15, 0.2) is 0 Å². The average molecular weight is 310 g/mol. The Hall–Kier alpha value is -2.66. The zero-order chi connectivity index (χ0) is 16.6. The largest absolute Gasteiger partial charge is 0.288 e. The molecule has 1 aliphatic heterocycles. The number of hydrogen-bond donors (Lipinski definition) is 1. The molecule has 5 heteroatoms. The molecule has 2 aromatic carbocycles. The fraction of sp³-hybridized carbons (Fsp3) is 0.222. The van der Waals surface area contributed by atoms with E-state index in [4.69, 9.17) is 0 Å². The molecule has 118 valence electrons. The van der Waals surface area contributed by atoms with Gasteiger partial charge in [-0.3, -0.25) is 14.8 Å². The minimum atomic E-state index is -0.898. The first-order valence-corrected chi connectivity index (χ1v) is 7.47.